The highest BCUT2D eigenvalue weighted by molar-refractivity contribution is 6.02. The van der Waals surface area contributed by atoms with Crippen LogP contribution in [0.15, 0.2) is 79.4 Å². The standard InChI is InChI=1S/C22H18FN3O2/c1-2-22(11-4-3-8-19(22)27)24-21(28)15-9-10-18-17(13-15)20(26-25-18)14-6-5-7-16(23)12-14/h2-13,19,27H,1H2,(H,24,28)(H,25,26)/t19?,22-/m1/s1. The quantitative estimate of drug-likeness (QED) is 0.611. The molecule has 0 saturated carbocycles. The van der Waals surface area contributed by atoms with Gasteiger partial charge < -0.3 is 10.4 Å². The van der Waals surface area contributed by atoms with Gasteiger partial charge in [0.05, 0.1) is 5.52 Å². The van der Waals surface area contributed by atoms with Crippen LogP contribution in [0.4, 0.5) is 4.39 Å². The summed E-state index contributed by atoms with van der Waals surface area (Å²) in [6.07, 6.45) is 7.32. The SMILES string of the molecule is C=C[C@@]1(NC(=O)c2ccc3[nH]nc(-c4cccc(F)c4)c3c2)C=CC=CC1O. The lowest BCUT2D eigenvalue weighted by molar-refractivity contribution is 0.0857. The van der Waals surface area contributed by atoms with E-state index in [4.69, 9.17) is 0 Å². The molecule has 2 atom stereocenters. The molecular formula is C22H18FN3O2. The average molecular weight is 375 g/mol. The third kappa shape index (κ3) is 3.04. The normalized spacial score (nSPS) is 21.0. The second-order valence-electron chi connectivity index (χ2n) is 6.62. The van der Waals surface area contributed by atoms with E-state index >= 15 is 0 Å². The van der Waals surface area contributed by atoms with Crippen molar-refractivity contribution in [3.8, 4) is 11.3 Å². The molecule has 0 saturated heterocycles. The first-order valence-corrected chi connectivity index (χ1v) is 8.77. The van der Waals surface area contributed by atoms with Crippen LogP contribution >= 0.6 is 0 Å². The number of hydrogen-bond acceptors (Lipinski definition) is 3. The molecule has 3 N–H and O–H groups in total. The smallest absolute Gasteiger partial charge is 0.252 e. The second-order valence-corrected chi connectivity index (χ2v) is 6.62. The largest absolute Gasteiger partial charge is 0.386 e. The van der Waals surface area contributed by atoms with Crippen molar-refractivity contribution in [2.24, 2.45) is 0 Å². The number of hydrogen-bond donors (Lipinski definition) is 3. The summed E-state index contributed by atoms with van der Waals surface area (Å²) in [5.74, 6) is -0.728. The molecule has 5 nitrogen and oxygen atoms in total. The molecule has 0 radical (unpaired) electrons. The van der Waals surface area contributed by atoms with Crippen molar-refractivity contribution in [2.45, 2.75) is 11.6 Å². The summed E-state index contributed by atoms with van der Waals surface area (Å²) >= 11 is 0. The van der Waals surface area contributed by atoms with Crippen molar-refractivity contribution in [3.05, 3.63) is 90.8 Å². The molecule has 0 fully saturated rings. The number of carbonyl (C=O) groups is 1. The topological polar surface area (TPSA) is 78.0 Å². The monoisotopic (exact) mass is 375 g/mol. The van der Waals surface area contributed by atoms with E-state index in [0.29, 0.717) is 22.2 Å². The number of nitrogens with zero attached hydrogens (tertiary/aromatic N) is 1. The fourth-order valence-electron chi connectivity index (χ4n) is 3.28. The number of nitrogens with one attached hydrogen (secondary N) is 2. The summed E-state index contributed by atoms with van der Waals surface area (Å²) < 4.78 is 13.6. The fourth-order valence-corrected chi connectivity index (χ4v) is 3.28. The predicted molar refractivity (Wildman–Crippen MR) is 106 cm³/mol. The van der Waals surface area contributed by atoms with E-state index in [2.05, 4.69) is 22.1 Å². The number of benzene rings is 2. The second kappa shape index (κ2) is 6.90. The van der Waals surface area contributed by atoms with Gasteiger partial charge in [0.25, 0.3) is 5.91 Å². The van der Waals surface area contributed by atoms with Gasteiger partial charge in [-0.05, 0) is 30.3 Å². The summed E-state index contributed by atoms with van der Waals surface area (Å²) in [7, 11) is 0. The number of carbonyl (C=O) groups excluding carboxylic acids is 1. The van der Waals surface area contributed by atoms with Crippen molar-refractivity contribution < 1.29 is 14.3 Å². The highest BCUT2D eigenvalue weighted by Crippen LogP contribution is 2.28. The van der Waals surface area contributed by atoms with Crippen molar-refractivity contribution in [1.29, 1.82) is 0 Å². The van der Waals surface area contributed by atoms with Gasteiger partial charge in [0.2, 0.25) is 0 Å². The molecule has 1 aliphatic rings. The number of aliphatic hydroxyl groups is 1. The van der Waals surface area contributed by atoms with E-state index in [1.165, 1.54) is 18.2 Å². The maximum Gasteiger partial charge on any atom is 0.252 e. The lowest BCUT2D eigenvalue weighted by Gasteiger charge is -2.33. The van der Waals surface area contributed by atoms with Gasteiger partial charge in [0.1, 0.15) is 23.2 Å². The van der Waals surface area contributed by atoms with Gasteiger partial charge in [-0.1, -0.05) is 42.5 Å². The number of aliphatic hydroxyl groups excluding tert-OH is 1. The number of fused-ring (bicyclic) bond motifs is 1. The Morgan fingerprint density at radius 1 is 1.29 bits per heavy atom. The molecule has 28 heavy (non-hydrogen) atoms. The minimum atomic E-state index is -1.08. The van der Waals surface area contributed by atoms with E-state index in [-0.39, 0.29) is 11.7 Å². The molecule has 140 valence electrons. The van der Waals surface area contributed by atoms with Gasteiger partial charge >= 0.3 is 0 Å². The van der Waals surface area contributed by atoms with E-state index in [0.717, 1.165) is 5.52 Å². The minimum absolute atomic E-state index is 0.360. The Morgan fingerprint density at radius 2 is 2.14 bits per heavy atom. The van der Waals surface area contributed by atoms with Crippen LogP contribution in [0.5, 0.6) is 0 Å². The van der Waals surface area contributed by atoms with Crippen molar-refractivity contribution in [3.63, 3.8) is 0 Å². The maximum atomic E-state index is 13.6. The highest BCUT2D eigenvalue weighted by Gasteiger charge is 2.34. The number of aromatic amines is 1. The Kier molecular flexibility index (Phi) is 4.41. The molecule has 1 amide bonds. The highest BCUT2D eigenvalue weighted by atomic mass is 19.1. The van der Waals surface area contributed by atoms with Gasteiger partial charge in [0.15, 0.2) is 0 Å². The number of H-pyrrole nitrogens is 1. The number of aromatic nitrogens is 2. The van der Waals surface area contributed by atoms with Crippen LogP contribution in [0.2, 0.25) is 0 Å². The Morgan fingerprint density at radius 3 is 2.89 bits per heavy atom. The molecule has 1 heterocycles. The first-order valence-electron chi connectivity index (χ1n) is 8.77. The fraction of sp³-hybridized carbons (Fsp3) is 0.0909. The van der Waals surface area contributed by atoms with Crippen LogP contribution in [0, 0.1) is 5.82 Å². The summed E-state index contributed by atoms with van der Waals surface area (Å²) in [6, 6.07) is 11.2. The minimum Gasteiger partial charge on any atom is -0.386 e. The first kappa shape index (κ1) is 17.9. The van der Waals surface area contributed by atoms with Crippen LogP contribution in [0.1, 0.15) is 10.4 Å². The van der Waals surface area contributed by atoms with E-state index in [1.807, 2.05) is 0 Å². The summed E-state index contributed by atoms with van der Waals surface area (Å²) in [5.41, 5.74) is 1.21. The van der Waals surface area contributed by atoms with Gasteiger partial charge in [0, 0.05) is 16.5 Å². The van der Waals surface area contributed by atoms with Crippen LogP contribution in [-0.4, -0.2) is 32.9 Å². The molecule has 1 aromatic heterocycles. The molecule has 0 bridgehead atoms. The first-order chi connectivity index (χ1) is 13.5. The Bertz CT molecular complexity index is 1130. The predicted octanol–water partition coefficient (Wildman–Crippen LogP) is 3.51. The number of rotatable bonds is 4. The Hall–Kier alpha value is -3.51. The number of amides is 1. The Labute approximate surface area is 160 Å². The maximum absolute atomic E-state index is 13.6. The molecule has 1 aliphatic carbocycles. The summed E-state index contributed by atoms with van der Waals surface area (Å²) in [4.78, 5) is 12.9. The van der Waals surface area contributed by atoms with E-state index < -0.39 is 11.6 Å². The summed E-state index contributed by atoms with van der Waals surface area (Å²) in [5, 5.41) is 21.0. The van der Waals surface area contributed by atoms with E-state index in [9.17, 15) is 14.3 Å². The molecule has 1 unspecified atom stereocenters. The molecule has 0 aliphatic heterocycles. The zero-order valence-electron chi connectivity index (χ0n) is 14.9. The molecular weight excluding hydrogens is 357 g/mol. The molecule has 3 aromatic rings. The number of allylic oxidation sites excluding steroid dienone is 2. The molecule has 2 aromatic carbocycles. The van der Waals surface area contributed by atoms with E-state index in [1.54, 1.807) is 54.6 Å². The third-order valence-electron chi connectivity index (χ3n) is 4.86. The third-order valence-corrected chi connectivity index (χ3v) is 4.86. The van der Waals surface area contributed by atoms with Crippen LogP contribution < -0.4 is 5.32 Å². The zero-order valence-corrected chi connectivity index (χ0v) is 14.9. The molecule has 0 spiro atoms. The van der Waals surface area contributed by atoms with Crippen LogP contribution in [0.25, 0.3) is 22.2 Å². The van der Waals surface area contributed by atoms with Gasteiger partial charge in [-0.3, -0.25) is 9.89 Å². The van der Waals surface area contributed by atoms with Crippen molar-refractivity contribution >= 4 is 16.8 Å². The van der Waals surface area contributed by atoms with Crippen LogP contribution in [0.3, 0.4) is 0 Å². The zero-order chi connectivity index (χ0) is 19.7. The van der Waals surface area contributed by atoms with Crippen molar-refractivity contribution in [1.82, 2.24) is 15.5 Å². The van der Waals surface area contributed by atoms with Gasteiger partial charge in [-0.2, -0.15) is 5.10 Å². The van der Waals surface area contributed by atoms with Crippen molar-refractivity contribution in [2.75, 3.05) is 0 Å². The average Bonchev–Trinajstić information content (AvgIpc) is 3.13. The van der Waals surface area contributed by atoms with Gasteiger partial charge in [-0.25, -0.2) is 4.39 Å². The van der Waals surface area contributed by atoms with Gasteiger partial charge in [-0.15, -0.1) is 6.58 Å². The molecule has 4 rings (SSSR count). The Balaban J connectivity index is 1.70. The molecule has 6 heteroatoms. The summed E-state index contributed by atoms with van der Waals surface area (Å²) in [6.45, 7) is 3.75. The lowest BCUT2D eigenvalue weighted by atomic mass is 9.88. The van der Waals surface area contributed by atoms with Crippen LogP contribution in [-0.2, 0) is 0 Å². The lowest BCUT2D eigenvalue weighted by Crippen LogP contribution is -2.53. The number of halogens is 1.